The van der Waals surface area contributed by atoms with Crippen molar-refractivity contribution in [1.82, 2.24) is 0 Å². The van der Waals surface area contributed by atoms with Crippen LogP contribution < -0.4 is 5.32 Å². The van der Waals surface area contributed by atoms with Crippen LogP contribution in [0.15, 0.2) is 24.3 Å². The summed E-state index contributed by atoms with van der Waals surface area (Å²) in [6.45, 7) is 4.16. The Morgan fingerprint density at radius 2 is 2.12 bits per heavy atom. The van der Waals surface area contributed by atoms with Crippen LogP contribution >= 0.6 is 11.6 Å². The summed E-state index contributed by atoms with van der Waals surface area (Å²) in [6.07, 6.45) is 1.58. The molecule has 1 amide bonds. The smallest absolute Gasteiger partial charge is 0.224 e. The molecule has 2 nitrogen and oxygen atoms in total. The zero-order valence-electron chi connectivity index (χ0n) is 9.79. The number of anilines is 1. The van der Waals surface area contributed by atoms with Gasteiger partial charge in [-0.05, 0) is 17.5 Å². The van der Waals surface area contributed by atoms with Crippen molar-refractivity contribution in [2.45, 2.75) is 32.6 Å². The number of halogens is 1. The number of para-hydroxylation sites is 1. The first kappa shape index (κ1) is 13.0. The predicted octanol–water partition coefficient (Wildman–Crippen LogP) is 3.80. The van der Waals surface area contributed by atoms with Gasteiger partial charge in [-0.3, -0.25) is 4.79 Å². The molecule has 0 spiro atoms. The Morgan fingerprint density at radius 3 is 2.75 bits per heavy atom. The molecule has 16 heavy (non-hydrogen) atoms. The van der Waals surface area contributed by atoms with Crippen molar-refractivity contribution in [3.05, 3.63) is 29.8 Å². The van der Waals surface area contributed by atoms with E-state index in [2.05, 4.69) is 19.2 Å². The van der Waals surface area contributed by atoms with Crippen molar-refractivity contribution in [1.29, 1.82) is 0 Å². The maximum atomic E-state index is 11.7. The van der Waals surface area contributed by atoms with Gasteiger partial charge in [0, 0.05) is 18.0 Å². The minimum atomic E-state index is 0.0620. The number of rotatable bonds is 5. The molecule has 0 aliphatic carbocycles. The molecule has 1 atom stereocenters. The Hall–Kier alpha value is -1.02. The molecule has 0 bridgehead atoms. The molecule has 88 valence electrons. The summed E-state index contributed by atoms with van der Waals surface area (Å²) >= 11 is 5.80. The zero-order valence-corrected chi connectivity index (χ0v) is 10.6. The molecule has 1 unspecified atom stereocenters. The van der Waals surface area contributed by atoms with E-state index in [1.807, 2.05) is 24.3 Å². The van der Waals surface area contributed by atoms with Crippen LogP contribution in [0.3, 0.4) is 0 Å². The van der Waals surface area contributed by atoms with E-state index in [1.54, 1.807) is 0 Å². The van der Waals surface area contributed by atoms with Crippen molar-refractivity contribution in [2.75, 3.05) is 5.32 Å². The molecule has 0 aromatic heterocycles. The van der Waals surface area contributed by atoms with Gasteiger partial charge in [0.25, 0.3) is 0 Å². The second kappa shape index (κ2) is 6.54. The highest BCUT2D eigenvalue weighted by molar-refractivity contribution is 6.17. The number of nitrogens with one attached hydrogen (secondary N) is 1. The molecule has 1 aromatic carbocycles. The molecular weight excluding hydrogens is 222 g/mol. The van der Waals surface area contributed by atoms with Crippen LogP contribution in [0.25, 0.3) is 0 Å². The Kier molecular flexibility index (Phi) is 5.33. The maximum absolute atomic E-state index is 11.7. The Morgan fingerprint density at radius 1 is 1.44 bits per heavy atom. The second-order valence-electron chi connectivity index (χ2n) is 4.06. The average Bonchev–Trinajstić information content (AvgIpc) is 2.29. The number of carbonyl (C=O) groups excluding carboxylic acids is 1. The lowest BCUT2D eigenvalue weighted by molar-refractivity contribution is -0.117. The summed E-state index contributed by atoms with van der Waals surface area (Å²) in [7, 11) is 0. The molecule has 0 saturated carbocycles. The lowest BCUT2D eigenvalue weighted by Crippen LogP contribution is -2.15. The normalized spacial score (nSPS) is 12.2. The number of hydrogen-bond donors (Lipinski definition) is 1. The first-order chi connectivity index (χ1) is 7.67. The Bertz CT molecular complexity index is 352. The van der Waals surface area contributed by atoms with E-state index in [-0.39, 0.29) is 5.91 Å². The van der Waals surface area contributed by atoms with Crippen molar-refractivity contribution in [2.24, 2.45) is 5.92 Å². The summed E-state index contributed by atoms with van der Waals surface area (Å²) < 4.78 is 0. The zero-order chi connectivity index (χ0) is 12.0. The van der Waals surface area contributed by atoms with Gasteiger partial charge in [0.1, 0.15) is 0 Å². The van der Waals surface area contributed by atoms with E-state index < -0.39 is 0 Å². The van der Waals surface area contributed by atoms with Gasteiger partial charge in [-0.1, -0.05) is 38.5 Å². The number of alkyl halides is 1. The van der Waals surface area contributed by atoms with Gasteiger partial charge in [-0.2, -0.15) is 0 Å². The predicted molar refractivity (Wildman–Crippen MR) is 68.7 cm³/mol. The quantitative estimate of drug-likeness (QED) is 0.778. The van der Waals surface area contributed by atoms with Crippen LogP contribution in [0.4, 0.5) is 5.69 Å². The van der Waals surface area contributed by atoms with Gasteiger partial charge in [-0.25, -0.2) is 0 Å². The van der Waals surface area contributed by atoms with Crippen molar-refractivity contribution in [3.8, 4) is 0 Å². The fraction of sp³-hybridized carbons (Fsp3) is 0.462. The minimum Gasteiger partial charge on any atom is -0.326 e. The summed E-state index contributed by atoms with van der Waals surface area (Å²) in [4.78, 5) is 11.7. The lowest BCUT2D eigenvalue weighted by atomic mass is 10.0. The maximum Gasteiger partial charge on any atom is 0.224 e. The highest BCUT2D eigenvalue weighted by Crippen LogP contribution is 2.18. The Labute approximate surface area is 102 Å². The fourth-order valence-corrected chi connectivity index (χ4v) is 1.65. The average molecular weight is 240 g/mol. The lowest BCUT2D eigenvalue weighted by Gasteiger charge is -2.11. The van der Waals surface area contributed by atoms with Crippen LogP contribution in [0.2, 0.25) is 0 Å². The van der Waals surface area contributed by atoms with Crippen LogP contribution in [-0.2, 0) is 10.7 Å². The van der Waals surface area contributed by atoms with Crippen LogP contribution in [0.5, 0.6) is 0 Å². The number of carbonyl (C=O) groups is 1. The first-order valence-electron chi connectivity index (χ1n) is 5.61. The molecule has 0 aliphatic heterocycles. The van der Waals surface area contributed by atoms with Crippen LogP contribution in [0.1, 0.15) is 32.3 Å². The summed E-state index contributed by atoms with van der Waals surface area (Å²) in [5, 5.41) is 2.90. The van der Waals surface area contributed by atoms with Crippen LogP contribution in [-0.4, -0.2) is 5.91 Å². The molecular formula is C13H18ClNO. The number of benzene rings is 1. The van der Waals surface area contributed by atoms with Gasteiger partial charge in [0.15, 0.2) is 0 Å². The van der Waals surface area contributed by atoms with Crippen molar-refractivity contribution in [3.63, 3.8) is 0 Å². The molecule has 0 radical (unpaired) electrons. The third-order valence-electron chi connectivity index (χ3n) is 2.67. The van der Waals surface area contributed by atoms with Gasteiger partial charge >= 0.3 is 0 Å². The molecule has 1 N–H and O–H groups in total. The van der Waals surface area contributed by atoms with Gasteiger partial charge in [0.05, 0.1) is 0 Å². The van der Waals surface area contributed by atoms with E-state index in [1.165, 1.54) is 0 Å². The standard InChI is InChI=1S/C13H18ClNO/c1-3-10(2)8-13(16)15-12-7-5-4-6-11(12)9-14/h4-7,10H,3,8-9H2,1-2H3,(H,15,16). The summed E-state index contributed by atoms with van der Waals surface area (Å²) in [5.41, 5.74) is 1.78. The van der Waals surface area contributed by atoms with E-state index >= 15 is 0 Å². The van der Waals surface area contributed by atoms with Gasteiger partial charge in [-0.15, -0.1) is 11.6 Å². The molecule has 0 heterocycles. The molecule has 0 saturated heterocycles. The topological polar surface area (TPSA) is 29.1 Å². The third-order valence-corrected chi connectivity index (χ3v) is 2.95. The van der Waals surface area contributed by atoms with E-state index in [9.17, 15) is 4.79 Å². The second-order valence-corrected chi connectivity index (χ2v) is 4.32. The van der Waals surface area contributed by atoms with E-state index in [4.69, 9.17) is 11.6 Å². The summed E-state index contributed by atoms with van der Waals surface area (Å²) in [6, 6.07) is 7.62. The minimum absolute atomic E-state index is 0.0620. The molecule has 1 aromatic rings. The van der Waals surface area contributed by atoms with Gasteiger partial charge in [0.2, 0.25) is 5.91 Å². The Balaban J connectivity index is 2.62. The largest absolute Gasteiger partial charge is 0.326 e. The van der Waals surface area contributed by atoms with E-state index in [0.717, 1.165) is 17.7 Å². The summed E-state index contributed by atoms with van der Waals surface area (Å²) in [5.74, 6) is 0.898. The number of amides is 1. The molecule has 0 fully saturated rings. The SMILES string of the molecule is CCC(C)CC(=O)Nc1ccccc1CCl. The highest BCUT2D eigenvalue weighted by Gasteiger charge is 2.09. The molecule has 1 rings (SSSR count). The third kappa shape index (κ3) is 3.86. The highest BCUT2D eigenvalue weighted by atomic mass is 35.5. The van der Waals surface area contributed by atoms with E-state index in [0.29, 0.717) is 18.2 Å². The number of hydrogen-bond acceptors (Lipinski definition) is 1. The van der Waals surface area contributed by atoms with Gasteiger partial charge < -0.3 is 5.32 Å². The monoisotopic (exact) mass is 239 g/mol. The fourth-order valence-electron chi connectivity index (χ4n) is 1.42. The molecule has 0 aliphatic rings. The van der Waals surface area contributed by atoms with Crippen molar-refractivity contribution < 1.29 is 4.79 Å². The first-order valence-corrected chi connectivity index (χ1v) is 6.14. The van der Waals surface area contributed by atoms with Crippen molar-refractivity contribution >= 4 is 23.2 Å². The molecule has 3 heteroatoms. The van der Waals surface area contributed by atoms with Crippen LogP contribution in [0, 0.1) is 5.92 Å².